The Bertz CT molecular complexity index is 321. The summed E-state index contributed by atoms with van der Waals surface area (Å²) in [6.07, 6.45) is 8.35. The Labute approximate surface area is 89.6 Å². The van der Waals surface area contributed by atoms with E-state index in [0.717, 1.165) is 12.1 Å². The molecule has 2 heterocycles. The van der Waals surface area contributed by atoms with Crippen LogP contribution in [0.5, 0.6) is 0 Å². The molecule has 0 aliphatic carbocycles. The molecule has 0 fully saturated rings. The first-order valence-corrected chi connectivity index (χ1v) is 3.59. The number of aliphatic imine (C=N–C) groups is 1. The van der Waals surface area contributed by atoms with Crippen LogP contribution in [0.2, 0.25) is 0 Å². The SMILES string of the molecule is C1=CN=Cc2ncccc2C1.Cl.Cl. The van der Waals surface area contributed by atoms with Gasteiger partial charge in [-0.3, -0.25) is 9.98 Å². The fraction of sp³-hybridized carbons (Fsp3) is 0.111. The summed E-state index contributed by atoms with van der Waals surface area (Å²) in [5.41, 5.74) is 2.22. The maximum atomic E-state index is 4.19. The normalized spacial score (nSPS) is 12.0. The molecule has 1 aromatic heterocycles. The Morgan fingerprint density at radius 1 is 1.23 bits per heavy atom. The minimum atomic E-state index is 0. The van der Waals surface area contributed by atoms with Gasteiger partial charge in [-0.1, -0.05) is 12.1 Å². The van der Waals surface area contributed by atoms with Gasteiger partial charge in [-0.05, 0) is 18.1 Å². The van der Waals surface area contributed by atoms with Gasteiger partial charge < -0.3 is 0 Å². The average Bonchev–Trinajstić information content (AvgIpc) is 2.28. The lowest BCUT2D eigenvalue weighted by Crippen LogP contribution is -1.92. The molecule has 2 nitrogen and oxygen atoms in total. The molecule has 0 N–H and O–H groups in total. The monoisotopic (exact) mass is 216 g/mol. The van der Waals surface area contributed by atoms with Crippen molar-refractivity contribution >= 4 is 31.0 Å². The molecule has 0 radical (unpaired) electrons. The van der Waals surface area contributed by atoms with Gasteiger partial charge in [0.05, 0.1) is 11.9 Å². The van der Waals surface area contributed by atoms with Gasteiger partial charge in [0.1, 0.15) is 0 Å². The molecule has 2 rings (SSSR count). The first-order valence-electron chi connectivity index (χ1n) is 3.59. The van der Waals surface area contributed by atoms with Crippen molar-refractivity contribution in [3.63, 3.8) is 0 Å². The molecule has 13 heavy (non-hydrogen) atoms. The highest BCUT2D eigenvalue weighted by Crippen LogP contribution is 2.06. The van der Waals surface area contributed by atoms with Crippen molar-refractivity contribution < 1.29 is 0 Å². The van der Waals surface area contributed by atoms with E-state index in [0.29, 0.717) is 0 Å². The Morgan fingerprint density at radius 3 is 2.92 bits per heavy atom. The fourth-order valence-electron chi connectivity index (χ4n) is 1.09. The number of nitrogens with zero attached hydrogens (tertiary/aromatic N) is 2. The largest absolute Gasteiger partial charge is 0.263 e. The highest BCUT2D eigenvalue weighted by atomic mass is 35.5. The van der Waals surface area contributed by atoms with E-state index in [4.69, 9.17) is 0 Å². The number of rotatable bonds is 0. The summed E-state index contributed by atoms with van der Waals surface area (Å²) >= 11 is 0. The van der Waals surface area contributed by atoms with Crippen LogP contribution in [0.25, 0.3) is 0 Å². The number of fused-ring (bicyclic) bond motifs is 1. The first kappa shape index (κ1) is 12.1. The van der Waals surface area contributed by atoms with E-state index in [-0.39, 0.29) is 24.8 Å². The molecule has 1 aliphatic rings. The zero-order valence-electron chi connectivity index (χ0n) is 6.88. The van der Waals surface area contributed by atoms with Gasteiger partial charge in [0.25, 0.3) is 0 Å². The number of hydrogen-bond acceptors (Lipinski definition) is 2. The third-order valence-electron chi connectivity index (χ3n) is 1.65. The van der Waals surface area contributed by atoms with Crippen molar-refractivity contribution in [2.24, 2.45) is 4.99 Å². The first-order chi connectivity index (χ1) is 5.47. The number of pyridine rings is 1. The highest BCUT2D eigenvalue weighted by Gasteiger charge is 1.99. The summed E-state index contributed by atoms with van der Waals surface area (Å²) in [5, 5.41) is 0. The molecular weight excluding hydrogens is 207 g/mol. The molecule has 0 spiro atoms. The Morgan fingerprint density at radius 2 is 2.08 bits per heavy atom. The predicted molar refractivity (Wildman–Crippen MR) is 59.2 cm³/mol. The van der Waals surface area contributed by atoms with E-state index in [2.05, 4.69) is 16.0 Å². The summed E-state index contributed by atoms with van der Waals surface area (Å²) < 4.78 is 0. The maximum absolute atomic E-state index is 4.19. The predicted octanol–water partition coefficient (Wildman–Crippen LogP) is 2.41. The van der Waals surface area contributed by atoms with Gasteiger partial charge in [0.15, 0.2) is 0 Å². The van der Waals surface area contributed by atoms with E-state index in [1.165, 1.54) is 5.56 Å². The second-order valence-electron chi connectivity index (χ2n) is 2.41. The van der Waals surface area contributed by atoms with Gasteiger partial charge >= 0.3 is 0 Å². The van der Waals surface area contributed by atoms with Crippen LogP contribution < -0.4 is 0 Å². The van der Waals surface area contributed by atoms with Gasteiger partial charge in [0.2, 0.25) is 0 Å². The van der Waals surface area contributed by atoms with Gasteiger partial charge in [-0.25, -0.2) is 0 Å². The third-order valence-corrected chi connectivity index (χ3v) is 1.65. The van der Waals surface area contributed by atoms with Crippen molar-refractivity contribution in [3.05, 3.63) is 41.9 Å². The van der Waals surface area contributed by atoms with Gasteiger partial charge in [0, 0.05) is 12.4 Å². The van der Waals surface area contributed by atoms with E-state index >= 15 is 0 Å². The van der Waals surface area contributed by atoms with Gasteiger partial charge in [-0.2, -0.15) is 0 Å². The van der Waals surface area contributed by atoms with Crippen molar-refractivity contribution in [2.75, 3.05) is 0 Å². The molecule has 0 saturated heterocycles. The van der Waals surface area contributed by atoms with Crippen molar-refractivity contribution in [1.29, 1.82) is 0 Å². The topological polar surface area (TPSA) is 25.2 Å². The number of hydrogen-bond donors (Lipinski definition) is 0. The quantitative estimate of drug-likeness (QED) is 0.655. The van der Waals surface area contributed by atoms with Crippen LogP contribution in [0.15, 0.2) is 35.6 Å². The Hall–Kier alpha value is -0.860. The summed E-state index contributed by atoms with van der Waals surface area (Å²) in [7, 11) is 0. The second-order valence-corrected chi connectivity index (χ2v) is 2.41. The molecule has 0 saturated carbocycles. The van der Waals surface area contributed by atoms with Crippen molar-refractivity contribution in [1.82, 2.24) is 4.98 Å². The van der Waals surface area contributed by atoms with E-state index < -0.39 is 0 Å². The lowest BCUT2D eigenvalue weighted by molar-refractivity contribution is 1.18. The Kier molecular flexibility index (Phi) is 5.35. The summed E-state index contributed by atoms with van der Waals surface area (Å²) in [4.78, 5) is 8.23. The molecule has 1 aromatic rings. The minimum Gasteiger partial charge on any atom is -0.263 e. The third kappa shape index (κ3) is 2.83. The molecule has 70 valence electrons. The van der Waals surface area contributed by atoms with Crippen LogP contribution in [0.3, 0.4) is 0 Å². The number of allylic oxidation sites excluding steroid dienone is 1. The Balaban J connectivity index is 0.000000720. The average molecular weight is 217 g/mol. The van der Waals surface area contributed by atoms with Crippen LogP contribution in [-0.2, 0) is 6.42 Å². The molecule has 0 atom stereocenters. The lowest BCUT2D eigenvalue weighted by atomic mass is 10.1. The van der Waals surface area contributed by atoms with Crippen LogP contribution >= 0.6 is 24.8 Å². The molecule has 0 bridgehead atoms. The molecule has 0 aromatic carbocycles. The second kappa shape index (κ2) is 5.73. The lowest BCUT2D eigenvalue weighted by Gasteiger charge is -1.97. The molecule has 4 heteroatoms. The highest BCUT2D eigenvalue weighted by molar-refractivity contribution is 5.85. The fourth-order valence-corrected chi connectivity index (χ4v) is 1.09. The van der Waals surface area contributed by atoms with Crippen molar-refractivity contribution in [2.45, 2.75) is 6.42 Å². The number of aromatic nitrogens is 1. The molecular formula is C9H10Cl2N2. The van der Waals surface area contributed by atoms with E-state index in [9.17, 15) is 0 Å². The smallest absolute Gasteiger partial charge is 0.0847 e. The minimum absolute atomic E-state index is 0. The van der Waals surface area contributed by atoms with Gasteiger partial charge in [-0.15, -0.1) is 24.8 Å². The van der Waals surface area contributed by atoms with E-state index in [1.54, 1.807) is 12.4 Å². The summed E-state index contributed by atoms with van der Waals surface area (Å²) in [6, 6.07) is 4.02. The standard InChI is InChI=1S/C9H8N2.2ClH/c1-3-8-4-2-6-11-9(8)7-10-5-1;;/h1-2,4-7H,3H2;2*1H. The molecule has 0 unspecified atom stereocenters. The van der Waals surface area contributed by atoms with Crippen LogP contribution in [-0.4, -0.2) is 11.2 Å². The summed E-state index contributed by atoms with van der Waals surface area (Å²) in [6.45, 7) is 0. The van der Waals surface area contributed by atoms with Crippen LogP contribution in [0, 0.1) is 0 Å². The van der Waals surface area contributed by atoms with Crippen LogP contribution in [0.4, 0.5) is 0 Å². The summed E-state index contributed by atoms with van der Waals surface area (Å²) in [5.74, 6) is 0. The number of halogens is 2. The van der Waals surface area contributed by atoms with Crippen molar-refractivity contribution in [3.8, 4) is 0 Å². The van der Waals surface area contributed by atoms with E-state index in [1.807, 2.05) is 18.3 Å². The molecule has 1 aliphatic heterocycles. The van der Waals surface area contributed by atoms with Crippen LogP contribution in [0.1, 0.15) is 11.3 Å². The zero-order chi connectivity index (χ0) is 7.52. The molecule has 0 amide bonds. The zero-order valence-corrected chi connectivity index (χ0v) is 8.52. The maximum Gasteiger partial charge on any atom is 0.0847 e.